The first-order valence-corrected chi connectivity index (χ1v) is 10.5. The Balaban J connectivity index is 1.41. The summed E-state index contributed by atoms with van der Waals surface area (Å²) in [5.74, 6) is 2.23. The highest BCUT2D eigenvalue weighted by Gasteiger charge is 2.56. The molecule has 1 saturated heterocycles. The zero-order chi connectivity index (χ0) is 20.8. The number of nitrogens with zero attached hydrogens (tertiary/aromatic N) is 3. The van der Waals surface area contributed by atoms with Crippen LogP contribution in [0.5, 0.6) is 5.75 Å². The summed E-state index contributed by atoms with van der Waals surface area (Å²) in [7, 11) is 1.74. The first kappa shape index (κ1) is 19.6. The number of likely N-dealkylation sites (tertiary alicyclic amines) is 1. The molecular weight excluding hydrogens is 390 g/mol. The average molecular weight is 416 g/mol. The van der Waals surface area contributed by atoms with Gasteiger partial charge in [0.25, 0.3) is 0 Å². The number of anilines is 1. The number of rotatable bonds is 8. The molecule has 0 radical (unpaired) electrons. The molecule has 3 aliphatic rings. The van der Waals surface area contributed by atoms with E-state index in [0.29, 0.717) is 29.2 Å². The van der Waals surface area contributed by atoms with E-state index in [2.05, 4.69) is 26.8 Å². The van der Waals surface area contributed by atoms with Crippen LogP contribution in [0.25, 0.3) is 11.3 Å². The van der Waals surface area contributed by atoms with Gasteiger partial charge in [0.05, 0.1) is 12.3 Å². The monoisotopic (exact) mass is 416 g/mol. The van der Waals surface area contributed by atoms with Gasteiger partial charge in [-0.15, -0.1) is 0 Å². The van der Waals surface area contributed by atoms with E-state index < -0.39 is 6.61 Å². The van der Waals surface area contributed by atoms with Crippen LogP contribution in [0.2, 0.25) is 0 Å². The molecule has 2 aliphatic carbocycles. The van der Waals surface area contributed by atoms with Crippen molar-refractivity contribution in [3.05, 3.63) is 35.7 Å². The number of nitrogen functional groups attached to an aromatic ring is 1. The Kier molecular flexibility index (Phi) is 5.06. The van der Waals surface area contributed by atoms with Gasteiger partial charge in [0.1, 0.15) is 0 Å². The molecule has 30 heavy (non-hydrogen) atoms. The predicted octanol–water partition coefficient (Wildman–Crippen LogP) is 3.50. The van der Waals surface area contributed by atoms with Crippen LogP contribution in [-0.2, 0) is 4.74 Å². The van der Waals surface area contributed by atoms with Crippen LogP contribution in [0, 0.1) is 11.8 Å². The SMILES string of the molecule is COCCN1C[C@@H]2C(c3cc(-c4cnc(N)c(OC(F)F)c4)nc(C4CC4)c3)[C@@H]2C1. The number of halogens is 2. The quantitative estimate of drug-likeness (QED) is 0.710. The summed E-state index contributed by atoms with van der Waals surface area (Å²) in [5, 5.41) is 0. The van der Waals surface area contributed by atoms with Gasteiger partial charge in [-0.2, -0.15) is 8.78 Å². The smallest absolute Gasteiger partial charge is 0.387 e. The number of methoxy groups -OCH3 is 1. The van der Waals surface area contributed by atoms with Crippen molar-refractivity contribution in [2.45, 2.75) is 31.3 Å². The molecule has 8 heteroatoms. The number of nitrogens with two attached hydrogens (primary N) is 1. The topological polar surface area (TPSA) is 73.5 Å². The number of ether oxygens (including phenoxy) is 2. The van der Waals surface area contributed by atoms with Crippen molar-refractivity contribution in [3.8, 4) is 17.0 Å². The zero-order valence-corrected chi connectivity index (χ0v) is 16.9. The van der Waals surface area contributed by atoms with E-state index in [1.807, 2.05) is 0 Å². The Labute approximate surface area is 174 Å². The Bertz CT molecular complexity index is 925. The van der Waals surface area contributed by atoms with Crippen molar-refractivity contribution in [2.75, 3.05) is 39.1 Å². The van der Waals surface area contributed by atoms with Crippen LogP contribution in [0.1, 0.15) is 35.9 Å². The maximum absolute atomic E-state index is 12.7. The minimum Gasteiger partial charge on any atom is -0.431 e. The molecule has 2 N–H and O–H groups in total. The number of hydrogen-bond donors (Lipinski definition) is 1. The minimum absolute atomic E-state index is 0.0505. The summed E-state index contributed by atoms with van der Waals surface area (Å²) < 4.78 is 35.1. The molecule has 3 fully saturated rings. The van der Waals surface area contributed by atoms with E-state index in [0.717, 1.165) is 50.5 Å². The number of aromatic nitrogens is 2. The molecule has 5 rings (SSSR count). The van der Waals surface area contributed by atoms with Crippen molar-refractivity contribution in [3.63, 3.8) is 0 Å². The van der Waals surface area contributed by atoms with Crippen LogP contribution in [0.15, 0.2) is 24.4 Å². The van der Waals surface area contributed by atoms with E-state index >= 15 is 0 Å². The standard InChI is InChI=1S/C22H26F2N4O2/c1-29-5-4-28-10-15-16(11-28)20(15)13-6-17(12-2-3-12)27-18(7-13)14-8-19(30-22(23)24)21(25)26-9-14/h6-9,12,15-16,20,22H,2-5,10-11H2,1H3,(H2,25,26)/t15-,16+,20?. The first-order valence-electron chi connectivity index (χ1n) is 10.5. The van der Waals surface area contributed by atoms with Crippen LogP contribution >= 0.6 is 0 Å². The molecule has 6 nitrogen and oxygen atoms in total. The van der Waals surface area contributed by atoms with E-state index in [-0.39, 0.29) is 11.6 Å². The largest absolute Gasteiger partial charge is 0.431 e. The molecule has 2 aromatic heterocycles. The fraction of sp³-hybridized carbons (Fsp3) is 0.545. The predicted molar refractivity (Wildman–Crippen MR) is 109 cm³/mol. The van der Waals surface area contributed by atoms with Gasteiger partial charge in [-0.25, -0.2) is 4.98 Å². The van der Waals surface area contributed by atoms with Crippen molar-refractivity contribution < 1.29 is 18.3 Å². The molecule has 2 aromatic rings. The average Bonchev–Trinajstić information content (AvgIpc) is 3.64. The lowest BCUT2D eigenvalue weighted by molar-refractivity contribution is -0.0494. The Morgan fingerprint density at radius 3 is 2.63 bits per heavy atom. The Morgan fingerprint density at radius 1 is 1.20 bits per heavy atom. The third-order valence-corrected chi connectivity index (χ3v) is 6.52. The van der Waals surface area contributed by atoms with Crippen LogP contribution < -0.4 is 10.5 Å². The highest BCUT2D eigenvalue weighted by molar-refractivity contribution is 5.65. The number of fused-ring (bicyclic) bond motifs is 1. The summed E-state index contributed by atoms with van der Waals surface area (Å²) in [5.41, 5.74) is 9.50. The molecule has 3 atom stereocenters. The molecule has 1 unspecified atom stereocenters. The molecule has 2 saturated carbocycles. The highest BCUT2D eigenvalue weighted by atomic mass is 19.3. The van der Waals surface area contributed by atoms with Gasteiger partial charge in [0.15, 0.2) is 11.6 Å². The lowest BCUT2D eigenvalue weighted by Gasteiger charge is -2.19. The maximum atomic E-state index is 12.7. The number of piperidine rings is 1. The van der Waals surface area contributed by atoms with Crippen LogP contribution in [0.3, 0.4) is 0 Å². The second-order valence-electron chi connectivity index (χ2n) is 8.58. The maximum Gasteiger partial charge on any atom is 0.387 e. The molecule has 160 valence electrons. The van der Waals surface area contributed by atoms with Crippen LogP contribution in [0.4, 0.5) is 14.6 Å². The third kappa shape index (κ3) is 3.86. The molecule has 0 spiro atoms. The molecule has 3 heterocycles. The number of hydrogen-bond acceptors (Lipinski definition) is 6. The zero-order valence-electron chi connectivity index (χ0n) is 16.9. The minimum atomic E-state index is -2.95. The van der Waals surface area contributed by atoms with Crippen molar-refractivity contribution in [1.82, 2.24) is 14.9 Å². The van der Waals surface area contributed by atoms with E-state index in [1.54, 1.807) is 13.3 Å². The molecule has 0 amide bonds. The summed E-state index contributed by atoms with van der Waals surface area (Å²) >= 11 is 0. The lowest BCUT2D eigenvalue weighted by Crippen LogP contribution is -2.27. The number of alkyl halides is 2. The fourth-order valence-electron chi connectivity index (χ4n) is 4.80. The van der Waals surface area contributed by atoms with Gasteiger partial charge in [-0.3, -0.25) is 4.98 Å². The molecule has 1 aliphatic heterocycles. The highest BCUT2D eigenvalue weighted by Crippen LogP contribution is 2.58. The molecule has 0 aromatic carbocycles. The summed E-state index contributed by atoms with van der Waals surface area (Å²) in [4.78, 5) is 11.3. The van der Waals surface area contributed by atoms with Gasteiger partial charge < -0.3 is 20.1 Å². The van der Waals surface area contributed by atoms with Gasteiger partial charge in [-0.05, 0) is 54.4 Å². The third-order valence-electron chi connectivity index (χ3n) is 6.52. The van der Waals surface area contributed by atoms with Gasteiger partial charge in [-0.1, -0.05) is 0 Å². The van der Waals surface area contributed by atoms with Gasteiger partial charge in [0.2, 0.25) is 0 Å². The van der Waals surface area contributed by atoms with Gasteiger partial charge >= 0.3 is 6.61 Å². The lowest BCUT2D eigenvalue weighted by atomic mass is 10.0. The van der Waals surface area contributed by atoms with E-state index in [1.165, 1.54) is 11.6 Å². The van der Waals surface area contributed by atoms with Crippen molar-refractivity contribution in [1.29, 1.82) is 0 Å². The molecular formula is C22H26F2N4O2. The van der Waals surface area contributed by atoms with E-state index in [4.69, 9.17) is 15.5 Å². The molecule has 0 bridgehead atoms. The first-order chi connectivity index (χ1) is 14.5. The summed E-state index contributed by atoms with van der Waals surface area (Å²) in [6.07, 6.45) is 3.88. The fourth-order valence-corrected chi connectivity index (χ4v) is 4.80. The van der Waals surface area contributed by atoms with Crippen LogP contribution in [-0.4, -0.2) is 54.8 Å². The van der Waals surface area contributed by atoms with Gasteiger partial charge in [0, 0.05) is 50.1 Å². The number of pyridine rings is 2. The Hall–Kier alpha value is -2.32. The second kappa shape index (κ2) is 7.74. The van der Waals surface area contributed by atoms with Crippen molar-refractivity contribution >= 4 is 5.82 Å². The summed E-state index contributed by atoms with van der Waals surface area (Å²) in [6.45, 7) is 1.01. The second-order valence-corrected chi connectivity index (χ2v) is 8.58. The van der Waals surface area contributed by atoms with E-state index in [9.17, 15) is 8.78 Å². The normalized spacial score (nSPS) is 25.5. The summed E-state index contributed by atoms with van der Waals surface area (Å²) in [6, 6.07) is 5.86. The Morgan fingerprint density at radius 2 is 1.97 bits per heavy atom. The van der Waals surface area contributed by atoms with Crippen molar-refractivity contribution in [2.24, 2.45) is 11.8 Å².